The van der Waals surface area contributed by atoms with Gasteiger partial charge in [-0.3, -0.25) is 9.59 Å². The van der Waals surface area contributed by atoms with Crippen molar-refractivity contribution in [2.24, 2.45) is 5.73 Å². The Morgan fingerprint density at radius 3 is 2.77 bits per heavy atom. The first kappa shape index (κ1) is 18.3. The predicted molar refractivity (Wildman–Crippen MR) is 88.7 cm³/mol. The first-order valence-corrected chi connectivity index (χ1v) is 7.05. The zero-order chi connectivity index (χ0) is 15.4. The highest BCUT2D eigenvalue weighted by molar-refractivity contribution is 5.98. The normalized spacial score (nSPS) is 15.2. The van der Waals surface area contributed by atoms with Crippen LogP contribution in [0.15, 0.2) is 18.2 Å². The molecule has 0 saturated carbocycles. The molecule has 0 aliphatic carbocycles. The molecule has 1 aromatic rings. The molecule has 1 fully saturated rings. The van der Waals surface area contributed by atoms with E-state index in [1.807, 2.05) is 0 Å². The number of nitrogens with two attached hydrogens (primary N) is 1. The lowest BCUT2D eigenvalue weighted by Crippen LogP contribution is -2.25. The maximum absolute atomic E-state index is 11.9. The van der Waals surface area contributed by atoms with Gasteiger partial charge in [-0.2, -0.15) is 0 Å². The smallest absolute Gasteiger partial charge is 0.227 e. The second kappa shape index (κ2) is 8.00. The number of anilines is 2. The fourth-order valence-corrected chi connectivity index (χ4v) is 2.39. The van der Waals surface area contributed by atoms with Crippen LogP contribution in [-0.4, -0.2) is 31.5 Å². The Bertz CT molecular complexity index is 549. The van der Waals surface area contributed by atoms with E-state index in [1.165, 1.54) is 0 Å². The Kier molecular flexibility index (Phi) is 6.64. The van der Waals surface area contributed by atoms with Crippen molar-refractivity contribution in [3.05, 3.63) is 18.2 Å². The summed E-state index contributed by atoms with van der Waals surface area (Å²) >= 11 is 0. The van der Waals surface area contributed by atoms with Crippen LogP contribution in [0.4, 0.5) is 11.4 Å². The third-order valence-electron chi connectivity index (χ3n) is 3.33. The number of ether oxygens (including phenoxy) is 1. The van der Waals surface area contributed by atoms with Gasteiger partial charge in [-0.15, -0.1) is 12.4 Å². The molecule has 1 heterocycles. The van der Waals surface area contributed by atoms with E-state index < -0.39 is 0 Å². The van der Waals surface area contributed by atoms with E-state index in [9.17, 15) is 9.59 Å². The molecule has 1 aliphatic rings. The van der Waals surface area contributed by atoms with Crippen molar-refractivity contribution < 1.29 is 14.3 Å². The molecule has 1 aromatic carbocycles. The highest BCUT2D eigenvalue weighted by atomic mass is 35.5. The van der Waals surface area contributed by atoms with Gasteiger partial charge < -0.3 is 20.7 Å². The molecule has 122 valence electrons. The Morgan fingerprint density at radius 2 is 2.23 bits per heavy atom. The van der Waals surface area contributed by atoms with E-state index in [4.69, 9.17) is 10.5 Å². The maximum Gasteiger partial charge on any atom is 0.227 e. The number of rotatable bonds is 5. The van der Waals surface area contributed by atoms with Crippen LogP contribution in [0.3, 0.4) is 0 Å². The number of carbonyl (C=O) groups is 2. The van der Waals surface area contributed by atoms with Gasteiger partial charge in [0.25, 0.3) is 0 Å². The molecule has 0 bridgehead atoms. The van der Waals surface area contributed by atoms with E-state index in [0.717, 1.165) is 6.42 Å². The number of methoxy groups -OCH3 is 1. The Morgan fingerprint density at radius 1 is 1.50 bits per heavy atom. The van der Waals surface area contributed by atoms with Gasteiger partial charge in [0.2, 0.25) is 11.8 Å². The van der Waals surface area contributed by atoms with Crippen LogP contribution >= 0.6 is 12.4 Å². The Hall–Kier alpha value is -1.79. The number of benzene rings is 1. The van der Waals surface area contributed by atoms with Gasteiger partial charge in [-0.1, -0.05) is 0 Å². The average Bonchev–Trinajstić information content (AvgIpc) is 2.83. The van der Waals surface area contributed by atoms with Crippen LogP contribution in [0.1, 0.15) is 26.2 Å². The third-order valence-corrected chi connectivity index (χ3v) is 3.33. The van der Waals surface area contributed by atoms with E-state index >= 15 is 0 Å². The van der Waals surface area contributed by atoms with Gasteiger partial charge in [0.05, 0.1) is 12.8 Å². The molecule has 22 heavy (non-hydrogen) atoms. The monoisotopic (exact) mass is 327 g/mol. The third kappa shape index (κ3) is 4.35. The summed E-state index contributed by atoms with van der Waals surface area (Å²) in [6.45, 7) is 2.45. The summed E-state index contributed by atoms with van der Waals surface area (Å²) in [5.74, 6) is 0.552. The fourth-order valence-electron chi connectivity index (χ4n) is 2.39. The number of carbonyl (C=O) groups excluding carboxylic acids is 2. The van der Waals surface area contributed by atoms with Crippen molar-refractivity contribution in [1.82, 2.24) is 0 Å². The van der Waals surface area contributed by atoms with Crippen molar-refractivity contribution in [3.8, 4) is 5.75 Å². The molecule has 1 unspecified atom stereocenters. The first-order valence-electron chi connectivity index (χ1n) is 7.05. The van der Waals surface area contributed by atoms with Crippen LogP contribution < -0.4 is 20.7 Å². The zero-order valence-corrected chi connectivity index (χ0v) is 13.6. The molecule has 6 nitrogen and oxygen atoms in total. The van der Waals surface area contributed by atoms with Gasteiger partial charge in [-0.25, -0.2) is 0 Å². The van der Waals surface area contributed by atoms with E-state index in [2.05, 4.69) is 5.32 Å². The van der Waals surface area contributed by atoms with Crippen LogP contribution in [0.5, 0.6) is 5.75 Å². The summed E-state index contributed by atoms with van der Waals surface area (Å²) in [5.41, 5.74) is 6.94. The summed E-state index contributed by atoms with van der Waals surface area (Å²) in [5, 5.41) is 2.79. The lowest BCUT2D eigenvalue weighted by atomic mass is 10.2. The molecule has 3 N–H and O–H groups in total. The molecule has 0 aromatic heterocycles. The van der Waals surface area contributed by atoms with Gasteiger partial charge in [0.1, 0.15) is 5.75 Å². The number of halogens is 1. The fraction of sp³-hybridized carbons (Fsp3) is 0.467. The summed E-state index contributed by atoms with van der Waals surface area (Å²) in [6, 6.07) is 5.08. The number of hydrogen-bond acceptors (Lipinski definition) is 4. The minimum absolute atomic E-state index is 0. The minimum Gasteiger partial charge on any atom is -0.495 e. The maximum atomic E-state index is 11.9. The molecule has 2 rings (SSSR count). The van der Waals surface area contributed by atoms with Crippen molar-refractivity contribution >= 4 is 35.6 Å². The van der Waals surface area contributed by atoms with Crippen molar-refractivity contribution in [2.75, 3.05) is 23.9 Å². The molecule has 2 amide bonds. The zero-order valence-electron chi connectivity index (χ0n) is 12.8. The first-order chi connectivity index (χ1) is 10.0. The van der Waals surface area contributed by atoms with Gasteiger partial charge in [0.15, 0.2) is 0 Å². The van der Waals surface area contributed by atoms with Crippen LogP contribution in [-0.2, 0) is 9.59 Å². The molecule has 1 aliphatic heterocycles. The minimum atomic E-state index is -0.192. The number of hydrogen-bond donors (Lipinski definition) is 2. The second-order valence-electron chi connectivity index (χ2n) is 5.27. The highest BCUT2D eigenvalue weighted by Gasteiger charge is 2.24. The van der Waals surface area contributed by atoms with Crippen molar-refractivity contribution in [3.63, 3.8) is 0 Å². The quantitative estimate of drug-likeness (QED) is 0.865. The lowest BCUT2D eigenvalue weighted by molar-refractivity contribution is -0.117. The van der Waals surface area contributed by atoms with Crippen LogP contribution in [0.25, 0.3) is 0 Å². The topological polar surface area (TPSA) is 84.7 Å². The predicted octanol–water partition coefficient (Wildman–Crippen LogP) is 1.92. The summed E-state index contributed by atoms with van der Waals surface area (Å²) in [4.78, 5) is 25.4. The van der Waals surface area contributed by atoms with Crippen LogP contribution in [0.2, 0.25) is 0 Å². The van der Waals surface area contributed by atoms with E-state index in [-0.39, 0.29) is 36.7 Å². The van der Waals surface area contributed by atoms with E-state index in [1.54, 1.807) is 37.1 Å². The van der Waals surface area contributed by atoms with Gasteiger partial charge in [0, 0.05) is 31.1 Å². The summed E-state index contributed by atoms with van der Waals surface area (Å²) in [7, 11) is 1.56. The molecule has 0 radical (unpaired) electrons. The molecular weight excluding hydrogens is 306 g/mol. The molecule has 1 saturated heterocycles. The summed E-state index contributed by atoms with van der Waals surface area (Å²) in [6.07, 6.45) is 1.64. The highest BCUT2D eigenvalue weighted by Crippen LogP contribution is 2.34. The molecule has 1 atom stereocenters. The molecule has 7 heteroatoms. The average molecular weight is 328 g/mol. The number of nitrogens with zero attached hydrogens (tertiary/aromatic N) is 1. The van der Waals surface area contributed by atoms with Gasteiger partial charge >= 0.3 is 0 Å². The van der Waals surface area contributed by atoms with E-state index in [0.29, 0.717) is 30.1 Å². The SMILES string of the molecule is COc1ccc(NC(=O)CC(C)N)cc1N1CCCC1=O.Cl. The lowest BCUT2D eigenvalue weighted by Gasteiger charge is -2.20. The van der Waals surface area contributed by atoms with Crippen molar-refractivity contribution in [1.29, 1.82) is 0 Å². The standard InChI is InChI=1S/C15H21N3O3.ClH/c1-10(16)8-14(19)17-11-5-6-13(21-2)12(9-11)18-7-3-4-15(18)20;/h5-6,9-10H,3-4,7-8,16H2,1-2H3,(H,17,19);1H. The Balaban J connectivity index is 0.00000242. The number of nitrogens with one attached hydrogen (secondary N) is 1. The second-order valence-corrected chi connectivity index (χ2v) is 5.27. The molecular formula is C15H22ClN3O3. The van der Waals surface area contributed by atoms with Crippen LogP contribution in [0, 0.1) is 0 Å². The molecule has 0 spiro atoms. The summed E-state index contributed by atoms with van der Waals surface area (Å²) < 4.78 is 5.30. The number of amides is 2. The largest absolute Gasteiger partial charge is 0.495 e. The van der Waals surface area contributed by atoms with Crippen molar-refractivity contribution in [2.45, 2.75) is 32.2 Å². The van der Waals surface area contributed by atoms with Gasteiger partial charge in [-0.05, 0) is 31.5 Å². The Labute approximate surface area is 136 Å².